The Morgan fingerprint density at radius 1 is 1.07 bits per heavy atom. The number of amides is 1. The van der Waals surface area contributed by atoms with Crippen molar-refractivity contribution in [3.8, 4) is 5.75 Å². The fraction of sp³-hybridized carbons (Fsp3) is 0.409. The van der Waals surface area contributed by atoms with E-state index >= 15 is 0 Å². The van der Waals surface area contributed by atoms with Gasteiger partial charge in [0.15, 0.2) is 5.78 Å². The van der Waals surface area contributed by atoms with Gasteiger partial charge < -0.3 is 19.7 Å². The maximum atomic E-state index is 13.3. The molecule has 1 aromatic heterocycles. The van der Waals surface area contributed by atoms with E-state index in [0.29, 0.717) is 45.1 Å². The number of nitrogens with one attached hydrogen (secondary N) is 1. The zero-order chi connectivity index (χ0) is 21.4. The Labute approximate surface area is 176 Å². The molecule has 1 saturated heterocycles. The zero-order valence-electron chi connectivity index (χ0n) is 17.4. The second-order valence-electron chi connectivity index (χ2n) is 7.04. The summed E-state index contributed by atoms with van der Waals surface area (Å²) >= 11 is 0. The van der Waals surface area contributed by atoms with Crippen LogP contribution in [0.3, 0.4) is 0 Å². The molecule has 2 heterocycles. The maximum absolute atomic E-state index is 13.3. The van der Waals surface area contributed by atoms with Crippen molar-refractivity contribution in [1.29, 1.82) is 0 Å². The number of methoxy groups -OCH3 is 1. The first-order valence-electron chi connectivity index (χ1n) is 10.0. The minimum Gasteiger partial charge on any atom is -0.456 e. The molecule has 3 rings (SSSR count). The summed E-state index contributed by atoms with van der Waals surface area (Å²) in [5.74, 6) is -0.377. The van der Waals surface area contributed by atoms with Crippen molar-refractivity contribution in [3.05, 3.63) is 54.9 Å². The van der Waals surface area contributed by atoms with Crippen LogP contribution in [0.1, 0.15) is 6.92 Å². The Balaban J connectivity index is 1.84. The van der Waals surface area contributed by atoms with E-state index in [1.807, 2.05) is 35.2 Å². The largest absolute Gasteiger partial charge is 0.456 e. The summed E-state index contributed by atoms with van der Waals surface area (Å²) in [5, 5.41) is 2.79. The molecule has 1 aromatic carbocycles. The molecule has 1 aliphatic rings. The molecule has 1 fully saturated rings. The van der Waals surface area contributed by atoms with Crippen molar-refractivity contribution in [1.82, 2.24) is 15.2 Å². The number of para-hydroxylation sites is 1. The smallest absolute Gasteiger partial charge is 0.301 e. The van der Waals surface area contributed by atoms with Crippen LogP contribution in [-0.2, 0) is 14.3 Å². The molecule has 30 heavy (non-hydrogen) atoms. The van der Waals surface area contributed by atoms with Gasteiger partial charge >= 0.3 is 5.72 Å². The molecule has 2 aromatic rings. The van der Waals surface area contributed by atoms with E-state index in [-0.39, 0.29) is 5.78 Å². The van der Waals surface area contributed by atoms with E-state index in [1.165, 1.54) is 6.92 Å². The molecule has 0 bridgehead atoms. The lowest BCUT2D eigenvalue weighted by atomic mass is 10.0. The van der Waals surface area contributed by atoms with Crippen LogP contribution in [0.25, 0.3) is 0 Å². The summed E-state index contributed by atoms with van der Waals surface area (Å²) in [6, 6.07) is 12.9. The average molecular weight is 412 g/mol. The van der Waals surface area contributed by atoms with Crippen LogP contribution >= 0.6 is 0 Å². The molecule has 160 valence electrons. The number of pyridine rings is 1. The van der Waals surface area contributed by atoms with Gasteiger partial charge in [0.25, 0.3) is 5.91 Å². The van der Waals surface area contributed by atoms with Gasteiger partial charge in [-0.05, 0) is 24.3 Å². The van der Waals surface area contributed by atoms with Crippen LogP contribution in [0.4, 0.5) is 5.69 Å². The topological polar surface area (TPSA) is 84.0 Å². The van der Waals surface area contributed by atoms with Gasteiger partial charge in [0.1, 0.15) is 5.75 Å². The van der Waals surface area contributed by atoms with E-state index < -0.39 is 11.6 Å². The van der Waals surface area contributed by atoms with Gasteiger partial charge in [-0.25, -0.2) is 4.90 Å². The zero-order valence-corrected chi connectivity index (χ0v) is 17.4. The molecule has 1 N–H and O–H groups in total. The first-order chi connectivity index (χ1) is 14.6. The van der Waals surface area contributed by atoms with Crippen molar-refractivity contribution in [2.24, 2.45) is 0 Å². The summed E-state index contributed by atoms with van der Waals surface area (Å²) in [6.45, 7) is 4.33. The highest BCUT2D eigenvalue weighted by Crippen LogP contribution is 2.26. The average Bonchev–Trinajstić information content (AvgIpc) is 2.79. The predicted octanol–water partition coefficient (Wildman–Crippen LogP) is 1.33. The number of rotatable bonds is 9. The van der Waals surface area contributed by atoms with Gasteiger partial charge in [0.05, 0.1) is 6.61 Å². The molecule has 1 aliphatic heterocycles. The third-order valence-electron chi connectivity index (χ3n) is 5.14. The number of benzene rings is 1. The van der Waals surface area contributed by atoms with Gasteiger partial charge in [-0.2, -0.15) is 0 Å². The van der Waals surface area contributed by atoms with E-state index in [9.17, 15) is 9.59 Å². The Kier molecular flexibility index (Phi) is 7.37. The van der Waals surface area contributed by atoms with Crippen LogP contribution in [-0.4, -0.2) is 73.7 Å². The van der Waals surface area contributed by atoms with Crippen molar-refractivity contribution >= 4 is 17.4 Å². The minimum absolute atomic E-state index is 0.291. The molecular formula is C22H28N4O4. The molecule has 0 radical (unpaired) electrons. The number of hydrogen-bond acceptors (Lipinski definition) is 7. The second kappa shape index (κ2) is 10.2. The van der Waals surface area contributed by atoms with Crippen LogP contribution in [0, 0.1) is 0 Å². The number of aromatic nitrogens is 1. The lowest BCUT2D eigenvalue weighted by Gasteiger charge is -2.45. The highest BCUT2D eigenvalue weighted by Gasteiger charge is 2.52. The number of carbonyl (C=O) groups is 2. The highest BCUT2D eigenvalue weighted by molar-refractivity contribution is 6.08. The third-order valence-corrected chi connectivity index (χ3v) is 5.14. The van der Waals surface area contributed by atoms with Gasteiger partial charge in [-0.1, -0.05) is 18.2 Å². The lowest BCUT2D eigenvalue weighted by molar-refractivity contribution is -0.168. The van der Waals surface area contributed by atoms with Crippen molar-refractivity contribution in [2.75, 3.05) is 51.3 Å². The summed E-state index contributed by atoms with van der Waals surface area (Å²) in [7, 11) is 1.56. The quantitative estimate of drug-likeness (QED) is 0.491. The number of hydrogen-bond donors (Lipinski definition) is 1. The molecular weight excluding hydrogens is 384 g/mol. The normalized spacial score (nSPS) is 16.5. The fourth-order valence-electron chi connectivity index (χ4n) is 3.59. The number of Topliss-reactive ketones (excluding diaryl/α,β-unsaturated/α-hetero) is 1. The Bertz CT molecular complexity index is 826. The SMILES string of the molecule is COCCNC(=O)C(Oc1ccccc1)(C(C)=O)N1CCN(c2ccncc2)CC1. The first kappa shape index (κ1) is 21.7. The third kappa shape index (κ3) is 4.77. The van der Waals surface area contributed by atoms with Crippen LogP contribution in [0.5, 0.6) is 5.75 Å². The van der Waals surface area contributed by atoms with E-state index in [4.69, 9.17) is 9.47 Å². The first-order valence-corrected chi connectivity index (χ1v) is 10.0. The number of ether oxygens (including phenoxy) is 2. The summed E-state index contributed by atoms with van der Waals surface area (Å²) in [6.07, 6.45) is 3.51. The minimum atomic E-state index is -1.74. The maximum Gasteiger partial charge on any atom is 0.301 e. The molecule has 1 unspecified atom stereocenters. The Morgan fingerprint density at radius 3 is 2.33 bits per heavy atom. The van der Waals surface area contributed by atoms with E-state index in [1.54, 1.807) is 31.6 Å². The van der Waals surface area contributed by atoms with Gasteiger partial charge in [0, 0.05) is 64.8 Å². The second-order valence-corrected chi connectivity index (χ2v) is 7.04. The summed E-state index contributed by atoms with van der Waals surface area (Å²) in [4.78, 5) is 34.3. The summed E-state index contributed by atoms with van der Waals surface area (Å²) in [5.41, 5.74) is -0.675. The monoisotopic (exact) mass is 412 g/mol. The predicted molar refractivity (Wildman–Crippen MR) is 113 cm³/mol. The van der Waals surface area contributed by atoms with Crippen LogP contribution in [0.15, 0.2) is 54.9 Å². The number of carbonyl (C=O) groups excluding carboxylic acids is 2. The molecule has 0 spiro atoms. The molecule has 8 nitrogen and oxygen atoms in total. The van der Waals surface area contributed by atoms with Gasteiger partial charge in [-0.3, -0.25) is 14.6 Å². The standard InChI is InChI=1S/C22H28N4O4/c1-18(27)22(21(28)24-12-17-29-2,30-20-6-4-3-5-7-20)26-15-13-25(14-16-26)19-8-10-23-11-9-19/h3-11H,12-17H2,1-2H3,(H,24,28). The number of nitrogens with zero attached hydrogens (tertiary/aromatic N) is 3. The highest BCUT2D eigenvalue weighted by atomic mass is 16.5. The Morgan fingerprint density at radius 2 is 1.73 bits per heavy atom. The molecule has 0 saturated carbocycles. The fourth-order valence-corrected chi connectivity index (χ4v) is 3.59. The van der Waals surface area contributed by atoms with Crippen molar-refractivity contribution < 1.29 is 19.1 Å². The molecule has 8 heteroatoms. The van der Waals surface area contributed by atoms with Crippen LogP contribution in [0.2, 0.25) is 0 Å². The Hall–Kier alpha value is -2.97. The van der Waals surface area contributed by atoms with Crippen molar-refractivity contribution in [3.63, 3.8) is 0 Å². The molecule has 0 aliphatic carbocycles. The van der Waals surface area contributed by atoms with Crippen LogP contribution < -0.4 is 15.0 Å². The lowest BCUT2D eigenvalue weighted by Crippen LogP contribution is -2.70. The molecule has 1 atom stereocenters. The number of anilines is 1. The number of ketones is 1. The van der Waals surface area contributed by atoms with E-state index in [0.717, 1.165) is 5.69 Å². The van der Waals surface area contributed by atoms with E-state index in [2.05, 4.69) is 15.2 Å². The molecule has 1 amide bonds. The van der Waals surface area contributed by atoms with Crippen molar-refractivity contribution in [2.45, 2.75) is 12.6 Å². The van der Waals surface area contributed by atoms with Gasteiger partial charge in [-0.15, -0.1) is 0 Å². The van der Waals surface area contributed by atoms with Gasteiger partial charge in [0.2, 0.25) is 0 Å². The number of piperazine rings is 1. The summed E-state index contributed by atoms with van der Waals surface area (Å²) < 4.78 is 11.2.